The normalized spacial score (nSPS) is 11.1. The van der Waals surface area contributed by atoms with Crippen molar-refractivity contribution in [1.82, 2.24) is 0 Å². The van der Waals surface area contributed by atoms with Gasteiger partial charge in [0.25, 0.3) is 5.70 Å². The topological polar surface area (TPSA) is 44.9 Å². The minimum absolute atomic E-state index is 0.275. The summed E-state index contributed by atoms with van der Waals surface area (Å²) < 4.78 is 0. The number of carbonyl (C=O) groups is 1. The molecule has 0 spiro atoms. The fourth-order valence-corrected chi connectivity index (χ4v) is 4.92. The molecule has 0 radical (unpaired) electrons. The number of rotatable bonds is 6. The molecule has 1 N–H and O–H groups in total. The van der Waals surface area contributed by atoms with Gasteiger partial charge >= 0.3 is 5.97 Å². The second-order valence-corrected chi connectivity index (χ2v) is 8.60. The van der Waals surface area contributed by atoms with Crippen molar-refractivity contribution in [1.29, 1.82) is 0 Å². The number of hydrogen-bond donors (Lipinski definition) is 1. The maximum atomic E-state index is 11.3. The highest BCUT2D eigenvalue weighted by molar-refractivity contribution is 7.16. The first kappa shape index (κ1) is 22.1. The number of nitrogens with zero attached hydrogens (tertiary/aromatic N) is 2. The molecule has 0 unspecified atom stereocenters. The Morgan fingerprint density at radius 2 is 1.36 bits per heavy atom. The van der Waals surface area contributed by atoms with Crippen LogP contribution >= 0.6 is 11.3 Å². The summed E-state index contributed by atoms with van der Waals surface area (Å²) in [4.78, 5) is 18.5. The van der Waals surface area contributed by atoms with E-state index in [2.05, 4.69) is 58.3 Å². The zero-order valence-electron chi connectivity index (χ0n) is 18.3. The van der Waals surface area contributed by atoms with Crippen LogP contribution in [0.1, 0.15) is 16.0 Å². The number of aliphatic carboxylic acids is 1. The van der Waals surface area contributed by atoms with Gasteiger partial charge < -0.3 is 10.0 Å². The average Bonchev–Trinajstić information content (AvgIpc) is 3.13. The first-order valence-corrected chi connectivity index (χ1v) is 11.2. The largest absolute Gasteiger partial charge is 0.486 e. The zero-order chi connectivity index (χ0) is 23.4. The van der Waals surface area contributed by atoms with E-state index >= 15 is 0 Å². The first-order chi connectivity index (χ1) is 16.0. The second kappa shape index (κ2) is 9.56. The minimum atomic E-state index is -1.21. The van der Waals surface area contributed by atoms with Gasteiger partial charge in [0.15, 0.2) is 0 Å². The van der Waals surface area contributed by atoms with E-state index in [-0.39, 0.29) is 5.70 Å². The van der Waals surface area contributed by atoms with E-state index in [0.717, 1.165) is 43.5 Å². The van der Waals surface area contributed by atoms with Crippen molar-refractivity contribution in [3.8, 4) is 10.4 Å². The van der Waals surface area contributed by atoms with E-state index < -0.39 is 5.97 Å². The van der Waals surface area contributed by atoms with Crippen LogP contribution in [0.25, 0.3) is 21.4 Å². The average molecular weight is 451 g/mol. The predicted octanol–water partition coefficient (Wildman–Crippen LogP) is 7.85. The van der Waals surface area contributed by atoms with Crippen LogP contribution in [-0.4, -0.2) is 11.1 Å². The molecule has 0 fully saturated rings. The van der Waals surface area contributed by atoms with Gasteiger partial charge in [-0.1, -0.05) is 48.5 Å². The molecule has 4 nitrogen and oxygen atoms in total. The van der Waals surface area contributed by atoms with Crippen molar-refractivity contribution < 1.29 is 9.90 Å². The van der Waals surface area contributed by atoms with Gasteiger partial charge in [-0.15, -0.1) is 11.3 Å². The number of thiophene rings is 1. The van der Waals surface area contributed by atoms with Gasteiger partial charge in [0, 0.05) is 26.8 Å². The molecule has 0 aliphatic heterocycles. The van der Waals surface area contributed by atoms with E-state index in [1.54, 1.807) is 0 Å². The molecule has 1 aromatic heterocycles. The van der Waals surface area contributed by atoms with Crippen molar-refractivity contribution in [2.24, 2.45) is 0 Å². The van der Waals surface area contributed by atoms with Crippen LogP contribution in [0.2, 0.25) is 0 Å². The maximum absolute atomic E-state index is 11.3. The summed E-state index contributed by atoms with van der Waals surface area (Å²) >= 11 is 1.51. The Morgan fingerprint density at radius 3 is 1.85 bits per heavy atom. The molecule has 0 saturated carbocycles. The fraction of sp³-hybridized carbons (Fsp3) is 0.0714. The molecule has 0 saturated heterocycles. The fourth-order valence-electron chi connectivity index (χ4n) is 3.66. The summed E-state index contributed by atoms with van der Waals surface area (Å²) in [5.74, 6) is -1.21. The standard InChI is InChI=1S/C28H22N2O2S/c1-19-20(2)27(33-26(19)18-25(29-3)28(31)32)21-14-16-24(17-15-21)30(22-10-6-4-7-11-22)23-12-8-5-9-13-23/h4-18H,1-2H3,(H,31,32)/b25-18-. The molecule has 3 aromatic carbocycles. The summed E-state index contributed by atoms with van der Waals surface area (Å²) in [6.45, 7) is 11.1. The zero-order valence-corrected chi connectivity index (χ0v) is 19.1. The Morgan fingerprint density at radius 1 is 0.848 bits per heavy atom. The number of benzene rings is 3. The van der Waals surface area contributed by atoms with E-state index in [4.69, 9.17) is 6.57 Å². The highest BCUT2D eigenvalue weighted by Crippen LogP contribution is 2.39. The Kier molecular flexibility index (Phi) is 6.39. The molecule has 0 bridgehead atoms. The van der Waals surface area contributed by atoms with Gasteiger partial charge in [0.05, 0.1) is 6.57 Å². The van der Waals surface area contributed by atoms with Crippen LogP contribution in [0.3, 0.4) is 0 Å². The first-order valence-electron chi connectivity index (χ1n) is 10.4. The lowest BCUT2D eigenvalue weighted by atomic mass is 10.1. The lowest BCUT2D eigenvalue weighted by Gasteiger charge is -2.25. The Bertz CT molecular complexity index is 1310. The van der Waals surface area contributed by atoms with Gasteiger partial charge in [-0.2, -0.15) is 0 Å². The summed E-state index contributed by atoms with van der Waals surface area (Å²) in [5, 5.41) is 9.21. The maximum Gasteiger partial charge on any atom is 0.333 e. The van der Waals surface area contributed by atoms with Crippen LogP contribution in [-0.2, 0) is 4.79 Å². The monoisotopic (exact) mass is 450 g/mol. The molecule has 0 atom stereocenters. The van der Waals surface area contributed by atoms with Gasteiger partial charge in [0.1, 0.15) is 0 Å². The number of hydrogen-bond acceptors (Lipinski definition) is 3. The Balaban J connectivity index is 1.73. The molecule has 0 aliphatic carbocycles. The number of carboxylic acids is 1. The Labute approximate surface area is 197 Å². The summed E-state index contributed by atoms with van der Waals surface area (Å²) in [6.07, 6.45) is 1.47. The molecular weight excluding hydrogens is 428 g/mol. The third-order valence-electron chi connectivity index (χ3n) is 5.51. The highest BCUT2D eigenvalue weighted by Gasteiger charge is 2.16. The van der Waals surface area contributed by atoms with Gasteiger partial charge in [-0.3, -0.25) is 4.79 Å². The van der Waals surface area contributed by atoms with E-state index in [1.807, 2.05) is 50.2 Å². The lowest BCUT2D eigenvalue weighted by Crippen LogP contribution is -2.09. The summed E-state index contributed by atoms with van der Waals surface area (Å²) in [7, 11) is 0. The van der Waals surface area contributed by atoms with Gasteiger partial charge in [-0.05, 0) is 73.0 Å². The van der Waals surface area contributed by atoms with Crippen LogP contribution in [0.5, 0.6) is 0 Å². The molecule has 0 aliphatic rings. The van der Waals surface area contributed by atoms with Crippen LogP contribution in [0.4, 0.5) is 17.1 Å². The number of carboxylic acid groups (broad SMARTS) is 1. The smallest absolute Gasteiger partial charge is 0.333 e. The van der Waals surface area contributed by atoms with E-state index in [9.17, 15) is 9.90 Å². The molecule has 162 valence electrons. The van der Waals surface area contributed by atoms with E-state index in [1.165, 1.54) is 17.4 Å². The second-order valence-electron chi connectivity index (χ2n) is 7.55. The summed E-state index contributed by atoms with van der Waals surface area (Å²) in [5.41, 5.74) is 6.07. The van der Waals surface area contributed by atoms with Crippen molar-refractivity contribution >= 4 is 40.4 Å². The van der Waals surface area contributed by atoms with Crippen molar-refractivity contribution in [2.45, 2.75) is 13.8 Å². The van der Waals surface area contributed by atoms with Gasteiger partial charge in [0.2, 0.25) is 0 Å². The third-order valence-corrected chi connectivity index (χ3v) is 6.90. The van der Waals surface area contributed by atoms with Gasteiger partial charge in [-0.25, -0.2) is 4.85 Å². The highest BCUT2D eigenvalue weighted by atomic mass is 32.1. The number of anilines is 3. The van der Waals surface area contributed by atoms with Crippen molar-refractivity contribution in [2.75, 3.05) is 4.90 Å². The molecule has 33 heavy (non-hydrogen) atoms. The minimum Gasteiger partial charge on any atom is -0.486 e. The summed E-state index contributed by atoms with van der Waals surface area (Å²) in [6, 6.07) is 28.9. The Hall–Kier alpha value is -4.14. The van der Waals surface area contributed by atoms with E-state index in [0.29, 0.717) is 0 Å². The molecular formula is C28H22N2O2S. The molecule has 0 amide bonds. The van der Waals surface area contributed by atoms with Crippen molar-refractivity contribution in [3.05, 3.63) is 118 Å². The third kappa shape index (κ3) is 4.57. The molecule has 5 heteroatoms. The lowest BCUT2D eigenvalue weighted by molar-refractivity contribution is -0.132. The quantitative estimate of drug-likeness (QED) is 0.240. The van der Waals surface area contributed by atoms with Crippen LogP contribution in [0, 0.1) is 20.4 Å². The molecule has 4 aromatic rings. The predicted molar refractivity (Wildman–Crippen MR) is 136 cm³/mol. The van der Waals surface area contributed by atoms with Crippen molar-refractivity contribution in [3.63, 3.8) is 0 Å². The number of para-hydroxylation sites is 2. The SMILES string of the molecule is [C-]#[N+]/C(=C\c1sc(-c2ccc(N(c3ccccc3)c3ccccc3)cc2)c(C)c1C)C(=O)O. The molecule has 4 rings (SSSR count). The molecule has 1 heterocycles. The van der Waals surface area contributed by atoms with Crippen LogP contribution < -0.4 is 4.90 Å². The van der Waals surface area contributed by atoms with Crippen LogP contribution in [0.15, 0.2) is 90.6 Å².